The Bertz CT molecular complexity index is 393. The highest BCUT2D eigenvalue weighted by Crippen LogP contribution is 2.48. The number of hydrogen-bond donors (Lipinski definition) is 1. The van der Waals surface area contributed by atoms with Gasteiger partial charge in [0, 0.05) is 0 Å². The fraction of sp³-hybridized carbons (Fsp3) is 0.545. The summed E-state index contributed by atoms with van der Waals surface area (Å²) >= 11 is 1.69. The van der Waals surface area contributed by atoms with E-state index in [0.717, 1.165) is 31.4 Å². The molecule has 3 nitrogen and oxygen atoms in total. The molecule has 1 amide bonds. The predicted molar refractivity (Wildman–Crippen MR) is 59.2 cm³/mol. The molecular weight excluding hydrogens is 210 g/mol. The van der Waals surface area contributed by atoms with E-state index in [1.807, 2.05) is 11.4 Å². The van der Waals surface area contributed by atoms with Crippen molar-refractivity contribution in [3.8, 4) is 0 Å². The van der Waals surface area contributed by atoms with E-state index in [-0.39, 0.29) is 11.7 Å². The molecule has 2 heterocycles. The van der Waals surface area contributed by atoms with Crippen molar-refractivity contribution in [2.75, 3.05) is 5.32 Å². The van der Waals surface area contributed by atoms with Crippen LogP contribution in [-0.4, -0.2) is 6.09 Å². The zero-order valence-electron chi connectivity index (χ0n) is 8.41. The summed E-state index contributed by atoms with van der Waals surface area (Å²) in [7, 11) is 0. The zero-order chi connectivity index (χ0) is 10.3. The zero-order valence-corrected chi connectivity index (χ0v) is 9.23. The van der Waals surface area contributed by atoms with Crippen molar-refractivity contribution in [3.05, 3.63) is 16.3 Å². The lowest BCUT2D eigenvalue weighted by Crippen LogP contribution is -2.39. The van der Waals surface area contributed by atoms with Gasteiger partial charge in [0.15, 0.2) is 5.60 Å². The second kappa shape index (κ2) is 3.23. The maximum Gasteiger partial charge on any atom is 0.412 e. The maximum absolute atomic E-state index is 11.5. The summed E-state index contributed by atoms with van der Waals surface area (Å²) in [6.07, 6.45) is 5.24. The molecule has 1 aliphatic carbocycles. The van der Waals surface area contributed by atoms with Gasteiger partial charge in [-0.3, -0.25) is 5.32 Å². The lowest BCUT2D eigenvalue weighted by molar-refractivity contribution is -0.0149. The van der Waals surface area contributed by atoms with E-state index in [4.69, 9.17) is 4.74 Å². The fourth-order valence-electron chi connectivity index (χ4n) is 2.57. The number of amides is 1. The first-order valence-electron chi connectivity index (χ1n) is 5.38. The molecule has 0 bridgehead atoms. The molecular formula is C11H13NO2S. The molecule has 3 rings (SSSR count). The first-order valence-corrected chi connectivity index (χ1v) is 6.26. The van der Waals surface area contributed by atoms with Crippen molar-refractivity contribution >= 4 is 23.1 Å². The Morgan fingerprint density at radius 1 is 1.33 bits per heavy atom. The number of thiophene rings is 1. The van der Waals surface area contributed by atoms with E-state index in [9.17, 15) is 4.79 Å². The largest absolute Gasteiger partial charge is 0.437 e. The quantitative estimate of drug-likeness (QED) is 0.731. The predicted octanol–water partition coefficient (Wildman–Crippen LogP) is 3.47. The highest BCUT2D eigenvalue weighted by molar-refractivity contribution is 7.10. The molecule has 1 saturated carbocycles. The average molecular weight is 223 g/mol. The summed E-state index contributed by atoms with van der Waals surface area (Å²) in [5.41, 5.74) is 0.655. The van der Waals surface area contributed by atoms with E-state index >= 15 is 0 Å². The third-order valence-electron chi connectivity index (χ3n) is 3.27. The monoisotopic (exact) mass is 223 g/mol. The smallest absolute Gasteiger partial charge is 0.412 e. The molecule has 1 N–H and O–H groups in total. The van der Waals surface area contributed by atoms with Crippen LogP contribution in [0.1, 0.15) is 37.0 Å². The van der Waals surface area contributed by atoms with Gasteiger partial charge in [-0.1, -0.05) is 6.42 Å². The molecule has 0 radical (unpaired) electrons. The van der Waals surface area contributed by atoms with E-state index < -0.39 is 0 Å². The third-order valence-corrected chi connectivity index (χ3v) is 4.36. The molecule has 0 aromatic carbocycles. The van der Waals surface area contributed by atoms with Gasteiger partial charge in [-0.2, -0.15) is 0 Å². The molecule has 0 unspecified atom stereocenters. The second-order valence-corrected chi connectivity index (χ2v) is 5.15. The van der Waals surface area contributed by atoms with Gasteiger partial charge in [-0.05, 0) is 37.1 Å². The van der Waals surface area contributed by atoms with Crippen LogP contribution in [0.15, 0.2) is 11.4 Å². The van der Waals surface area contributed by atoms with Crippen molar-refractivity contribution in [1.82, 2.24) is 0 Å². The van der Waals surface area contributed by atoms with Crippen molar-refractivity contribution in [3.63, 3.8) is 0 Å². The van der Waals surface area contributed by atoms with Crippen LogP contribution in [-0.2, 0) is 10.3 Å². The summed E-state index contributed by atoms with van der Waals surface area (Å²) in [5.74, 6) is 0. The Morgan fingerprint density at radius 2 is 2.13 bits per heavy atom. The minimum Gasteiger partial charge on any atom is -0.437 e. The van der Waals surface area contributed by atoms with Crippen molar-refractivity contribution < 1.29 is 9.53 Å². The number of carbonyl (C=O) groups is 1. The van der Waals surface area contributed by atoms with Crippen LogP contribution in [0.4, 0.5) is 10.5 Å². The normalized spacial score (nSPS) is 23.1. The lowest BCUT2D eigenvalue weighted by Gasteiger charge is -2.39. The Labute approximate surface area is 92.4 Å². The van der Waals surface area contributed by atoms with E-state index in [1.54, 1.807) is 11.3 Å². The van der Waals surface area contributed by atoms with E-state index in [1.165, 1.54) is 11.3 Å². The molecule has 0 saturated heterocycles. The molecule has 1 spiro atoms. The van der Waals surface area contributed by atoms with Crippen LogP contribution in [0.25, 0.3) is 0 Å². The number of nitrogens with one attached hydrogen (secondary N) is 1. The molecule has 15 heavy (non-hydrogen) atoms. The van der Waals surface area contributed by atoms with Crippen LogP contribution in [0.2, 0.25) is 0 Å². The van der Waals surface area contributed by atoms with Gasteiger partial charge in [0.25, 0.3) is 0 Å². The highest BCUT2D eigenvalue weighted by atomic mass is 32.1. The van der Waals surface area contributed by atoms with E-state index in [0.29, 0.717) is 0 Å². The summed E-state index contributed by atoms with van der Waals surface area (Å²) in [5, 5.41) is 4.78. The van der Waals surface area contributed by atoms with Crippen molar-refractivity contribution in [2.45, 2.75) is 37.7 Å². The Morgan fingerprint density at radius 3 is 2.93 bits per heavy atom. The van der Waals surface area contributed by atoms with Crippen LogP contribution in [0, 0.1) is 0 Å². The van der Waals surface area contributed by atoms with Crippen molar-refractivity contribution in [1.29, 1.82) is 0 Å². The van der Waals surface area contributed by atoms with Gasteiger partial charge in [-0.15, -0.1) is 11.3 Å². The number of hydrogen-bond acceptors (Lipinski definition) is 3. The van der Waals surface area contributed by atoms with Crippen LogP contribution >= 0.6 is 11.3 Å². The third kappa shape index (κ3) is 1.35. The average Bonchev–Trinajstić information content (AvgIpc) is 2.67. The molecule has 2 aliphatic rings. The van der Waals surface area contributed by atoms with Crippen LogP contribution in [0.3, 0.4) is 0 Å². The molecule has 80 valence electrons. The number of rotatable bonds is 0. The molecule has 1 fully saturated rings. The molecule has 1 aliphatic heterocycles. The second-order valence-electron chi connectivity index (χ2n) is 4.23. The number of carbonyl (C=O) groups excluding carboxylic acids is 1. The molecule has 1 aromatic rings. The first-order chi connectivity index (χ1) is 7.30. The lowest BCUT2D eigenvalue weighted by atomic mass is 9.82. The number of ether oxygens (including phenoxy) is 1. The topological polar surface area (TPSA) is 38.3 Å². The highest BCUT2D eigenvalue weighted by Gasteiger charge is 2.43. The summed E-state index contributed by atoms with van der Waals surface area (Å²) in [6.45, 7) is 0. The van der Waals surface area contributed by atoms with Crippen LogP contribution in [0.5, 0.6) is 0 Å². The molecule has 4 heteroatoms. The number of fused-ring (bicyclic) bond motifs is 2. The minimum absolute atomic E-state index is 0.289. The molecule has 0 atom stereocenters. The Hall–Kier alpha value is -1.03. The van der Waals surface area contributed by atoms with Gasteiger partial charge in [0.2, 0.25) is 0 Å². The van der Waals surface area contributed by atoms with Crippen molar-refractivity contribution in [2.24, 2.45) is 0 Å². The van der Waals surface area contributed by atoms with Crippen LogP contribution < -0.4 is 5.32 Å². The van der Waals surface area contributed by atoms with Gasteiger partial charge in [0.1, 0.15) is 0 Å². The van der Waals surface area contributed by atoms with Gasteiger partial charge < -0.3 is 4.74 Å². The van der Waals surface area contributed by atoms with E-state index in [2.05, 4.69) is 5.32 Å². The summed E-state index contributed by atoms with van der Waals surface area (Å²) in [6, 6.07) is 1.97. The minimum atomic E-state index is -0.302. The molecule has 1 aromatic heterocycles. The fourth-order valence-corrected chi connectivity index (χ4v) is 3.62. The van der Waals surface area contributed by atoms with Gasteiger partial charge >= 0.3 is 6.09 Å². The maximum atomic E-state index is 11.5. The first kappa shape index (κ1) is 9.21. The SMILES string of the molecule is O=C1Nc2ccsc2C2(CCCCC2)O1. The Kier molecular flexibility index (Phi) is 1.99. The van der Waals surface area contributed by atoms with Gasteiger partial charge in [-0.25, -0.2) is 4.79 Å². The summed E-state index contributed by atoms with van der Waals surface area (Å²) in [4.78, 5) is 12.7. The summed E-state index contributed by atoms with van der Waals surface area (Å²) < 4.78 is 5.56. The standard InChI is InChI=1S/C11H13NO2S/c13-10-12-8-4-7-15-9(8)11(14-10)5-2-1-3-6-11/h4,7H,1-3,5-6H2,(H,12,13). The Balaban J connectivity index is 2.05. The number of anilines is 1. The van der Waals surface area contributed by atoms with Gasteiger partial charge in [0.05, 0.1) is 10.6 Å².